The predicted octanol–water partition coefficient (Wildman–Crippen LogP) is 5.12. The smallest absolute Gasteiger partial charge is 0.384 e. The molecule has 0 saturated carbocycles. The van der Waals surface area contributed by atoms with Crippen molar-refractivity contribution in [2.75, 3.05) is 13.4 Å². The van der Waals surface area contributed by atoms with Crippen LogP contribution in [0.4, 0.5) is 0 Å². The second-order valence-corrected chi connectivity index (χ2v) is 6.20. The summed E-state index contributed by atoms with van der Waals surface area (Å²) in [4.78, 5) is 11.0. The molecule has 2 rings (SSSR count). The molecule has 4 heteroatoms. The molecule has 0 bridgehead atoms. The zero-order valence-corrected chi connectivity index (χ0v) is 15.6. The molecular formula is C22H28O4. The maximum Gasteiger partial charge on any atom is 0.384 e. The van der Waals surface area contributed by atoms with Crippen molar-refractivity contribution in [3.05, 3.63) is 29.8 Å². The molecule has 0 radical (unpaired) electrons. The molecule has 140 valence electrons. The maximum absolute atomic E-state index is 11.0. The SMILES string of the molecule is CCOC(=O)C#CCCCCCCCC/C=C/c1ccc2c(c1)OCO2. The molecule has 1 aliphatic heterocycles. The molecule has 0 amide bonds. The van der Waals surface area contributed by atoms with Crippen molar-refractivity contribution in [2.45, 2.75) is 58.3 Å². The van der Waals surface area contributed by atoms with Gasteiger partial charge in [0.2, 0.25) is 6.79 Å². The van der Waals surface area contributed by atoms with E-state index in [9.17, 15) is 4.79 Å². The quantitative estimate of drug-likeness (QED) is 0.253. The Morgan fingerprint density at radius 1 is 1.12 bits per heavy atom. The molecular weight excluding hydrogens is 328 g/mol. The molecule has 1 heterocycles. The van der Waals surface area contributed by atoms with Gasteiger partial charge >= 0.3 is 5.97 Å². The van der Waals surface area contributed by atoms with Gasteiger partial charge in [-0.25, -0.2) is 4.79 Å². The third-order valence-electron chi connectivity index (χ3n) is 4.10. The Balaban J connectivity index is 1.45. The minimum Gasteiger partial charge on any atom is -0.456 e. The fourth-order valence-corrected chi connectivity index (χ4v) is 2.72. The summed E-state index contributed by atoms with van der Waals surface area (Å²) < 4.78 is 15.4. The van der Waals surface area contributed by atoms with E-state index in [0.29, 0.717) is 13.4 Å². The molecule has 26 heavy (non-hydrogen) atoms. The molecule has 0 spiro atoms. The number of allylic oxidation sites excluding steroid dienone is 1. The van der Waals surface area contributed by atoms with Gasteiger partial charge in [0.05, 0.1) is 6.61 Å². The van der Waals surface area contributed by atoms with Gasteiger partial charge in [0.25, 0.3) is 0 Å². The van der Waals surface area contributed by atoms with E-state index in [0.717, 1.165) is 36.3 Å². The fourth-order valence-electron chi connectivity index (χ4n) is 2.72. The Kier molecular flexibility index (Phi) is 9.21. The highest BCUT2D eigenvalue weighted by Gasteiger charge is 2.11. The lowest BCUT2D eigenvalue weighted by atomic mass is 10.1. The minimum absolute atomic E-state index is 0.320. The van der Waals surface area contributed by atoms with Crippen molar-refractivity contribution in [1.82, 2.24) is 0 Å². The molecule has 0 atom stereocenters. The van der Waals surface area contributed by atoms with E-state index in [1.54, 1.807) is 6.92 Å². The Labute approximate surface area is 156 Å². The topological polar surface area (TPSA) is 44.8 Å². The number of benzene rings is 1. The minimum atomic E-state index is -0.415. The van der Waals surface area contributed by atoms with E-state index in [4.69, 9.17) is 14.2 Å². The van der Waals surface area contributed by atoms with Crippen LogP contribution < -0.4 is 9.47 Å². The second-order valence-electron chi connectivity index (χ2n) is 6.20. The molecule has 4 nitrogen and oxygen atoms in total. The predicted molar refractivity (Wildman–Crippen MR) is 103 cm³/mol. The van der Waals surface area contributed by atoms with Crippen molar-refractivity contribution in [2.24, 2.45) is 0 Å². The lowest BCUT2D eigenvalue weighted by Crippen LogP contribution is -1.99. The summed E-state index contributed by atoms with van der Waals surface area (Å²) >= 11 is 0. The van der Waals surface area contributed by atoms with E-state index in [1.807, 2.05) is 12.1 Å². The van der Waals surface area contributed by atoms with Crippen LogP contribution in [0, 0.1) is 11.8 Å². The molecule has 0 aromatic heterocycles. The maximum atomic E-state index is 11.0. The summed E-state index contributed by atoms with van der Waals surface area (Å²) in [6.45, 7) is 2.49. The number of esters is 1. The van der Waals surface area contributed by atoms with Crippen LogP contribution in [0.1, 0.15) is 63.9 Å². The first kappa shape index (κ1) is 19.9. The fraction of sp³-hybridized carbons (Fsp3) is 0.500. The Morgan fingerprint density at radius 3 is 2.73 bits per heavy atom. The van der Waals surface area contributed by atoms with Gasteiger partial charge in [-0.1, -0.05) is 49.8 Å². The Morgan fingerprint density at radius 2 is 1.88 bits per heavy atom. The molecule has 1 aliphatic rings. The lowest BCUT2D eigenvalue weighted by molar-refractivity contribution is -0.136. The highest BCUT2D eigenvalue weighted by atomic mass is 16.7. The van der Waals surface area contributed by atoms with E-state index in [1.165, 1.54) is 32.1 Å². The molecule has 1 aromatic carbocycles. The van der Waals surface area contributed by atoms with Crippen LogP contribution in [-0.2, 0) is 9.53 Å². The second kappa shape index (κ2) is 12.0. The van der Waals surface area contributed by atoms with Crippen LogP contribution in [-0.4, -0.2) is 19.4 Å². The number of ether oxygens (including phenoxy) is 3. The summed E-state index contributed by atoms with van der Waals surface area (Å²) in [5, 5.41) is 0. The Bertz CT molecular complexity index is 652. The van der Waals surface area contributed by atoms with Gasteiger partial charge in [0.15, 0.2) is 11.5 Å². The molecule has 0 N–H and O–H groups in total. The van der Waals surface area contributed by atoms with Gasteiger partial charge in [-0.15, -0.1) is 0 Å². The molecule has 1 aromatic rings. The van der Waals surface area contributed by atoms with Crippen LogP contribution >= 0.6 is 0 Å². The van der Waals surface area contributed by atoms with Crippen LogP contribution in [0.15, 0.2) is 24.3 Å². The van der Waals surface area contributed by atoms with Gasteiger partial charge in [0, 0.05) is 12.3 Å². The van der Waals surface area contributed by atoms with Crippen LogP contribution in [0.2, 0.25) is 0 Å². The van der Waals surface area contributed by atoms with E-state index in [2.05, 4.69) is 30.1 Å². The van der Waals surface area contributed by atoms with Crippen molar-refractivity contribution in [3.63, 3.8) is 0 Å². The largest absolute Gasteiger partial charge is 0.456 e. The molecule has 0 aliphatic carbocycles. The van der Waals surface area contributed by atoms with Gasteiger partial charge in [-0.2, -0.15) is 0 Å². The number of fused-ring (bicyclic) bond motifs is 1. The number of rotatable bonds is 10. The van der Waals surface area contributed by atoms with E-state index < -0.39 is 5.97 Å². The highest BCUT2D eigenvalue weighted by Crippen LogP contribution is 2.32. The van der Waals surface area contributed by atoms with Crippen LogP contribution in [0.3, 0.4) is 0 Å². The third kappa shape index (κ3) is 7.65. The van der Waals surface area contributed by atoms with Crippen molar-refractivity contribution >= 4 is 12.0 Å². The number of carbonyl (C=O) groups excluding carboxylic acids is 1. The van der Waals surface area contributed by atoms with E-state index in [-0.39, 0.29) is 0 Å². The number of carbonyl (C=O) groups is 1. The Hall–Kier alpha value is -2.41. The summed E-state index contributed by atoms with van der Waals surface area (Å²) in [6.07, 6.45) is 13.4. The van der Waals surface area contributed by atoms with Crippen LogP contribution in [0.25, 0.3) is 6.08 Å². The zero-order valence-electron chi connectivity index (χ0n) is 15.6. The normalized spacial score (nSPS) is 12.0. The first-order chi connectivity index (χ1) is 12.8. The van der Waals surface area contributed by atoms with Crippen LogP contribution in [0.5, 0.6) is 11.5 Å². The van der Waals surface area contributed by atoms with E-state index >= 15 is 0 Å². The molecule has 0 unspecified atom stereocenters. The summed E-state index contributed by atoms with van der Waals surface area (Å²) in [6, 6.07) is 6.03. The average molecular weight is 356 g/mol. The van der Waals surface area contributed by atoms with Crippen molar-refractivity contribution in [1.29, 1.82) is 0 Å². The zero-order chi connectivity index (χ0) is 18.5. The van der Waals surface area contributed by atoms with Crippen molar-refractivity contribution < 1.29 is 19.0 Å². The lowest BCUT2D eigenvalue weighted by Gasteiger charge is -1.99. The van der Waals surface area contributed by atoms with Gasteiger partial charge < -0.3 is 14.2 Å². The number of hydrogen-bond donors (Lipinski definition) is 0. The van der Waals surface area contributed by atoms with Gasteiger partial charge in [0.1, 0.15) is 0 Å². The standard InChI is InChI=1S/C22H28O4/c1-2-24-22(23)14-12-10-8-6-4-3-5-7-9-11-13-19-15-16-20-21(17-19)26-18-25-20/h11,13,15-17H,2-10,18H2,1H3/b13-11+. The summed E-state index contributed by atoms with van der Waals surface area (Å²) in [5.74, 6) is 6.62. The third-order valence-corrected chi connectivity index (χ3v) is 4.10. The monoisotopic (exact) mass is 356 g/mol. The number of hydrogen-bond acceptors (Lipinski definition) is 4. The van der Waals surface area contributed by atoms with Crippen molar-refractivity contribution in [3.8, 4) is 23.3 Å². The number of unbranched alkanes of at least 4 members (excludes halogenated alkanes) is 7. The first-order valence-electron chi connectivity index (χ1n) is 9.51. The van der Waals surface area contributed by atoms with Gasteiger partial charge in [-0.3, -0.25) is 0 Å². The average Bonchev–Trinajstić information content (AvgIpc) is 3.10. The highest BCUT2D eigenvalue weighted by molar-refractivity contribution is 5.88. The summed E-state index contributed by atoms with van der Waals surface area (Å²) in [7, 11) is 0. The molecule has 0 fully saturated rings. The summed E-state index contributed by atoms with van der Waals surface area (Å²) in [5.41, 5.74) is 1.15. The van der Waals surface area contributed by atoms with Gasteiger partial charge in [-0.05, 0) is 43.9 Å². The first-order valence-corrected chi connectivity index (χ1v) is 9.51. The molecule has 0 saturated heterocycles.